The van der Waals surface area contributed by atoms with E-state index in [1.165, 1.54) is 33.3 Å². The summed E-state index contributed by atoms with van der Waals surface area (Å²) in [6.07, 6.45) is 5.47. The first-order chi connectivity index (χ1) is 13.3. The summed E-state index contributed by atoms with van der Waals surface area (Å²) in [7, 11) is 0. The molecule has 1 aliphatic carbocycles. The van der Waals surface area contributed by atoms with Crippen molar-refractivity contribution in [3.63, 3.8) is 0 Å². The Labute approximate surface area is 158 Å². The highest BCUT2D eigenvalue weighted by atomic mass is 16.5. The first kappa shape index (κ1) is 16.4. The average molecular weight is 360 g/mol. The Kier molecular flexibility index (Phi) is 4.12. The number of benzene rings is 2. The molecule has 0 saturated heterocycles. The molecule has 1 amide bonds. The molecule has 2 heterocycles. The van der Waals surface area contributed by atoms with Gasteiger partial charge in [0.05, 0.1) is 12.6 Å². The van der Waals surface area contributed by atoms with E-state index in [0.29, 0.717) is 6.42 Å². The fraction of sp³-hybridized carbons (Fsp3) is 0.348. The van der Waals surface area contributed by atoms with Gasteiger partial charge in [-0.15, -0.1) is 0 Å². The molecule has 1 aromatic heterocycles. The van der Waals surface area contributed by atoms with E-state index in [1.807, 2.05) is 6.07 Å². The van der Waals surface area contributed by atoms with Crippen molar-refractivity contribution in [3.05, 3.63) is 64.8 Å². The van der Waals surface area contributed by atoms with Crippen LogP contribution >= 0.6 is 0 Å². The summed E-state index contributed by atoms with van der Waals surface area (Å²) in [6, 6.07) is 14.8. The number of aryl methyl sites for hydroxylation is 2. The lowest BCUT2D eigenvalue weighted by Gasteiger charge is -2.24. The van der Waals surface area contributed by atoms with Crippen molar-refractivity contribution in [1.29, 1.82) is 0 Å². The van der Waals surface area contributed by atoms with Gasteiger partial charge in [0.1, 0.15) is 5.75 Å². The SMILES string of the molecule is O=C(CCc1ccc2c(c1)CCO2)NC1CCCc2c1[nH]c1ccccc21. The largest absolute Gasteiger partial charge is 0.493 e. The Balaban J connectivity index is 1.27. The molecule has 0 fully saturated rings. The summed E-state index contributed by atoms with van der Waals surface area (Å²) >= 11 is 0. The summed E-state index contributed by atoms with van der Waals surface area (Å²) in [5.41, 5.74) is 6.22. The Bertz CT molecular complexity index is 1000. The quantitative estimate of drug-likeness (QED) is 0.732. The molecule has 27 heavy (non-hydrogen) atoms. The summed E-state index contributed by atoms with van der Waals surface area (Å²) in [5.74, 6) is 1.13. The van der Waals surface area contributed by atoms with Crippen molar-refractivity contribution in [2.75, 3.05) is 6.61 Å². The number of aromatic amines is 1. The maximum atomic E-state index is 12.6. The fourth-order valence-electron chi connectivity index (χ4n) is 4.48. The van der Waals surface area contributed by atoms with Crippen LogP contribution in [0.15, 0.2) is 42.5 Å². The van der Waals surface area contributed by atoms with Crippen molar-refractivity contribution >= 4 is 16.8 Å². The number of hydrogen-bond donors (Lipinski definition) is 2. The van der Waals surface area contributed by atoms with Crippen LogP contribution < -0.4 is 10.1 Å². The number of fused-ring (bicyclic) bond motifs is 4. The molecule has 0 radical (unpaired) electrons. The zero-order valence-electron chi connectivity index (χ0n) is 15.4. The van der Waals surface area contributed by atoms with Crippen LogP contribution in [0.4, 0.5) is 0 Å². The van der Waals surface area contributed by atoms with Gasteiger partial charge in [-0.3, -0.25) is 4.79 Å². The first-order valence-corrected chi connectivity index (χ1v) is 9.91. The van der Waals surface area contributed by atoms with Gasteiger partial charge in [-0.25, -0.2) is 0 Å². The highest BCUT2D eigenvalue weighted by Crippen LogP contribution is 2.34. The number of ether oxygens (including phenoxy) is 1. The third-order valence-corrected chi connectivity index (χ3v) is 5.84. The number of carbonyl (C=O) groups is 1. The lowest BCUT2D eigenvalue weighted by Crippen LogP contribution is -2.31. The lowest BCUT2D eigenvalue weighted by molar-refractivity contribution is -0.121. The summed E-state index contributed by atoms with van der Waals surface area (Å²) in [5, 5.41) is 4.56. The second-order valence-electron chi connectivity index (χ2n) is 7.62. The zero-order chi connectivity index (χ0) is 18.2. The van der Waals surface area contributed by atoms with Crippen LogP contribution in [0.1, 0.15) is 47.7 Å². The number of aromatic nitrogens is 1. The molecule has 0 saturated carbocycles. The van der Waals surface area contributed by atoms with Crippen LogP contribution in [0.25, 0.3) is 10.9 Å². The fourth-order valence-corrected chi connectivity index (χ4v) is 4.48. The maximum Gasteiger partial charge on any atom is 0.220 e. The van der Waals surface area contributed by atoms with Crippen molar-refractivity contribution in [2.45, 2.75) is 44.6 Å². The van der Waals surface area contributed by atoms with Crippen LogP contribution in [0.5, 0.6) is 5.75 Å². The minimum absolute atomic E-state index is 0.0991. The van der Waals surface area contributed by atoms with Crippen molar-refractivity contribution in [2.24, 2.45) is 0 Å². The van der Waals surface area contributed by atoms with E-state index in [4.69, 9.17) is 4.74 Å². The second kappa shape index (κ2) is 6.76. The molecule has 2 aromatic carbocycles. The number of para-hydroxylation sites is 1. The molecular formula is C23H24N2O2. The molecule has 2 N–H and O–H groups in total. The topological polar surface area (TPSA) is 54.1 Å². The molecule has 2 aliphatic rings. The van der Waals surface area contributed by atoms with Gasteiger partial charge in [-0.2, -0.15) is 0 Å². The minimum Gasteiger partial charge on any atom is -0.493 e. The molecule has 4 nitrogen and oxygen atoms in total. The summed E-state index contributed by atoms with van der Waals surface area (Å²) in [4.78, 5) is 16.1. The van der Waals surface area contributed by atoms with Gasteiger partial charge < -0.3 is 15.0 Å². The number of H-pyrrole nitrogens is 1. The van der Waals surface area contributed by atoms with E-state index < -0.39 is 0 Å². The highest BCUT2D eigenvalue weighted by Gasteiger charge is 2.25. The average Bonchev–Trinajstić information content (AvgIpc) is 3.31. The van der Waals surface area contributed by atoms with E-state index >= 15 is 0 Å². The van der Waals surface area contributed by atoms with Crippen molar-refractivity contribution in [1.82, 2.24) is 10.3 Å². The van der Waals surface area contributed by atoms with E-state index in [0.717, 1.165) is 44.5 Å². The van der Waals surface area contributed by atoms with E-state index in [-0.39, 0.29) is 11.9 Å². The van der Waals surface area contributed by atoms with Gasteiger partial charge in [-0.05, 0) is 54.5 Å². The van der Waals surface area contributed by atoms with Gasteiger partial charge in [0.25, 0.3) is 0 Å². The number of rotatable bonds is 4. The molecule has 1 unspecified atom stereocenters. The Morgan fingerprint density at radius 2 is 2.11 bits per heavy atom. The Morgan fingerprint density at radius 1 is 1.19 bits per heavy atom. The Morgan fingerprint density at radius 3 is 3.07 bits per heavy atom. The van der Waals surface area contributed by atoms with E-state index in [2.05, 4.69) is 46.7 Å². The Hall–Kier alpha value is -2.75. The van der Waals surface area contributed by atoms with Crippen LogP contribution in [-0.2, 0) is 24.1 Å². The van der Waals surface area contributed by atoms with Crippen LogP contribution in [-0.4, -0.2) is 17.5 Å². The van der Waals surface area contributed by atoms with Gasteiger partial charge in [0, 0.05) is 29.4 Å². The second-order valence-corrected chi connectivity index (χ2v) is 7.62. The van der Waals surface area contributed by atoms with E-state index in [9.17, 15) is 4.79 Å². The van der Waals surface area contributed by atoms with Crippen LogP contribution in [0, 0.1) is 0 Å². The van der Waals surface area contributed by atoms with Crippen LogP contribution in [0.3, 0.4) is 0 Å². The molecule has 1 atom stereocenters. The monoisotopic (exact) mass is 360 g/mol. The third kappa shape index (κ3) is 3.09. The van der Waals surface area contributed by atoms with E-state index in [1.54, 1.807) is 0 Å². The highest BCUT2D eigenvalue weighted by molar-refractivity contribution is 5.85. The van der Waals surface area contributed by atoms with Crippen LogP contribution in [0.2, 0.25) is 0 Å². The molecule has 138 valence electrons. The normalized spacial score (nSPS) is 18.0. The number of amides is 1. The maximum absolute atomic E-state index is 12.6. The summed E-state index contributed by atoms with van der Waals surface area (Å²) in [6.45, 7) is 0.772. The molecule has 0 bridgehead atoms. The lowest BCUT2D eigenvalue weighted by atomic mass is 9.91. The standard InChI is InChI=1S/C23H24N2O2/c26-22(11-9-15-8-10-21-16(14-15)12-13-27-21)24-20-7-3-5-18-17-4-1-2-6-19(17)25-23(18)20/h1-2,4,6,8,10,14,20,25H,3,5,7,9,11-13H2,(H,24,26). The predicted octanol–water partition coefficient (Wildman–Crippen LogP) is 4.23. The zero-order valence-corrected chi connectivity index (χ0v) is 15.4. The first-order valence-electron chi connectivity index (χ1n) is 9.91. The minimum atomic E-state index is 0.0991. The molecular weight excluding hydrogens is 336 g/mol. The van der Waals surface area contributed by atoms with Gasteiger partial charge >= 0.3 is 0 Å². The number of nitrogens with one attached hydrogen (secondary N) is 2. The van der Waals surface area contributed by atoms with Gasteiger partial charge in [0.15, 0.2) is 0 Å². The van der Waals surface area contributed by atoms with Gasteiger partial charge in [0.2, 0.25) is 5.91 Å². The third-order valence-electron chi connectivity index (χ3n) is 5.84. The molecule has 3 aromatic rings. The van der Waals surface area contributed by atoms with Crippen molar-refractivity contribution in [3.8, 4) is 5.75 Å². The molecule has 1 aliphatic heterocycles. The number of carbonyl (C=O) groups excluding carboxylic acids is 1. The summed E-state index contributed by atoms with van der Waals surface area (Å²) < 4.78 is 5.55. The van der Waals surface area contributed by atoms with Crippen molar-refractivity contribution < 1.29 is 9.53 Å². The molecule has 5 rings (SSSR count). The molecule has 0 spiro atoms. The number of hydrogen-bond acceptors (Lipinski definition) is 2. The predicted molar refractivity (Wildman–Crippen MR) is 106 cm³/mol. The molecule has 4 heteroatoms. The smallest absolute Gasteiger partial charge is 0.220 e. The van der Waals surface area contributed by atoms with Gasteiger partial charge in [-0.1, -0.05) is 30.3 Å².